The van der Waals surface area contributed by atoms with Gasteiger partial charge in [0.1, 0.15) is 4.21 Å². The number of nitrogens with one attached hydrogen (secondary N) is 2. The number of hydrogen-bond acceptors (Lipinski definition) is 5. The molecule has 7 heteroatoms. The largest absolute Gasteiger partial charge is 0.383 e. The summed E-state index contributed by atoms with van der Waals surface area (Å²) in [6.07, 6.45) is 0. The first-order valence-electron chi connectivity index (χ1n) is 7.13. The lowest BCUT2D eigenvalue weighted by Gasteiger charge is -2.20. The molecule has 0 saturated carbocycles. The molecule has 0 aromatic carbocycles. The Bertz CT molecular complexity index is 538. The Morgan fingerprint density at radius 1 is 1.38 bits per heavy atom. The molecule has 0 aliphatic carbocycles. The molecule has 1 unspecified atom stereocenters. The van der Waals surface area contributed by atoms with E-state index in [0.29, 0.717) is 17.4 Å². The van der Waals surface area contributed by atoms with Gasteiger partial charge in [0.05, 0.1) is 6.61 Å². The summed E-state index contributed by atoms with van der Waals surface area (Å²) in [5.41, 5.74) is 1.01. The Morgan fingerprint density at radius 2 is 2.05 bits per heavy atom. The van der Waals surface area contributed by atoms with Gasteiger partial charge in [-0.25, -0.2) is 13.1 Å². The lowest BCUT2D eigenvalue weighted by atomic mass is 10.1. The van der Waals surface area contributed by atoms with Gasteiger partial charge >= 0.3 is 0 Å². The second-order valence-electron chi connectivity index (χ2n) is 5.38. The summed E-state index contributed by atoms with van der Waals surface area (Å²) in [5, 5.41) is 3.22. The SMILES string of the molecule is CCNCc1sc(S(=O)(=O)NC(COC)C(C)C)cc1C. The molecule has 5 nitrogen and oxygen atoms in total. The van der Waals surface area contributed by atoms with Gasteiger partial charge in [0, 0.05) is 24.6 Å². The van der Waals surface area contributed by atoms with Crippen molar-refractivity contribution in [2.24, 2.45) is 5.92 Å². The van der Waals surface area contributed by atoms with Crippen LogP contribution < -0.4 is 10.0 Å². The highest BCUT2D eigenvalue weighted by Gasteiger charge is 2.24. The van der Waals surface area contributed by atoms with E-state index in [9.17, 15) is 8.42 Å². The van der Waals surface area contributed by atoms with Gasteiger partial charge < -0.3 is 10.1 Å². The van der Waals surface area contributed by atoms with E-state index in [2.05, 4.69) is 10.0 Å². The third kappa shape index (κ3) is 5.34. The second kappa shape index (κ2) is 8.24. The summed E-state index contributed by atoms with van der Waals surface area (Å²) in [5.74, 6) is 0.169. The molecule has 0 amide bonds. The van der Waals surface area contributed by atoms with E-state index in [0.717, 1.165) is 17.0 Å². The van der Waals surface area contributed by atoms with E-state index in [1.165, 1.54) is 11.3 Å². The maximum Gasteiger partial charge on any atom is 0.250 e. The van der Waals surface area contributed by atoms with Crippen molar-refractivity contribution in [1.29, 1.82) is 0 Å². The van der Waals surface area contributed by atoms with E-state index in [-0.39, 0.29) is 12.0 Å². The third-order valence-corrected chi connectivity index (χ3v) is 6.46. The second-order valence-corrected chi connectivity index (χ2v) is 8.46. The van der Waals surface area contributed by atoms with Crippen LogP contribution in [-0.2, 0) is 21.3 Å². The smallest absolute Gasteiger partial charge is 0.250 e. The van der Waals surface area contributed by atoms with E-state index in [1.807, 2.05) is 27.7 Å². The van der Waals surface area contributed by atoms with Crippen molar-refractivity contribution in [3.63, 3.8) is 0 Å². The summed E-state index contributed by atoms with van der Waals surface area (Å²) in [6, 6.07) is 1.52. The summed E-state index contributed by atoms with van der Waals surface area (Å²) < 4.78 is 33.2. The molecule has 1 aromatic heterocycles. The minimum atomic E-state index is -3.49. The van der Waals surface area contributed by atoms with Crippen LogP contribution in [0.25, 0.3) is 0 Å². The van der Waals surface area contributed by atoms with Crippen LogP contribution in [0.4, 0.5) is 0 Å². The maximum absolute atomic E-state index is 12.5. The van der Waals surface area contributed by atoms with Crippen LogP contribution in [0.3, 0.4) is 0 Å². The van der Waals surface area contributed by atoms with Crippen LogP contribution in [0.2, 0.25) is 0 Å². The first-order chi connectivity index (χ1) is 9.81. The van der Waals surface area contributed by atoms with Gasteiger partial charge in [-0.1, -0.05) is 20.8 Å². The van der Waals surface area contributed by atoms with Crippen LogP contribution in [0.1, 0.15) is 31.2 Å². The van der Waals surface area contributed by atoms with E-state index in [1.54, 1.807) is 13.2 Å². The van der Waals surface area contributed by atoms with Crippen molar-refractivity contribution in [3.8, 4) is 0 Å². The summed E-state index contributed by atoms with van der Waals surface area (Å²) in [6.45, 7) is 9.85. The topological polar surface area (TPSA) is 67.4 Å². The fraction of sp³-hybridized carbons (Fsp3) is 0.714. The molecule has 0 radical (unpaired) electrons. The molecule has 0 saturated heterocycles. The van der Waals surface area contributed by atoms with E-state index >= 15 is 0 Å². The first kappa shape index (κ1) is 18.6. The minimum absolute atomic E-state index is 0.169. The molecule has 2 N–H and O–H groups in total. The highest BCUT2D eigenvalue weighted by molar-refractivity contribution is 7.91. The first-order valence-corrected chi connectivity index (χ1v) is 9.43. The molecule has 0 fully saturated rings. The van der Waals surface area contributed by atoms with Crippen LogP contribution in [-0.4, -0.2) is 34.7 Å². The maximum atomic E-state index is 12.5. The van der Waals surface area contributed by atoms with E-state index < -0.39 is 10.0 Å². The molecule has 122 valence electrons. The highest BCUT2D eigenvalue weighted by atomic mass is 32.2. The average molecular weight is 335 g/mol. The Morgan fingerprint density at radius 3 is 2.57 bits per heavy atom. The molecule has 21 heavy (non-hydrogen) atoms. The van der Waals surface area contributed by atoms with Gasteiger partial charge in [-0.3, -0.25) is 0 Å². The van der Waals surface area contributed by atoms with Crippen LogP contribution in [0.5, 0.6) is 0 Å². The number of sulfonamides is 1. The molecular formula is C14H26N2O3S2. The van der Waals surface area contributed by atoms with Crippen molar-refractivity contribution in [2.45, 2.75) is 44.5 Å². The third-order valence-electron chi connectivity index (χ3n) is 3.26. The zero-order chi connectivity index (χ0) is 16.0. The Balaban J connectivity index is 2.91. The fourth-order valence-corrected chi connectivity index (χ4v) is 4.78. The molecule has 0 aliphatic heterocycles. The Labute approximate surface area is 132 Å². The predicted molar refractivity (Wildman–Crippen MR) is 87.3 cm³/mol. The van der Waals surface area contributed by atoms with Gasteiger partial charge in [-0.2, -0.15) is 0 Å². The number of aryl methyl sites for hydroxylation is 1. The predicted octanol–water partition coefficient (Wildman–Crippen LogP) is 2.12. The Hall–Kier alpha value is -0.470. The number of methoxy groups -OCH3 is 1. The number of hydrogen-bond donors (Lipinski definition) is 2. The van der Waals surface area contributed by atoms with Crippen LogP contribution in [0.15, 0.2) is 10.3 Å². The van der Waals surface area contributed by atoms with Gasteiger partial charge in [0.2, 0.25) is 10.0 Å². The Kier molecular flexibility index (Phi) is 7.29. The van der Waals surface area contributed by atoms with Crippen molar-refractivity contribution in [1.82, 2.24) is 10.0 Å². The minimum Gasteiger partial charge on any atom is -0.383 e. The zero-order valence-corrected chi connectivity index (χ0v) is 15.0. The quantitative estimate of drug-likeness (QED) is 0.726. The zero-order valence-electron chi connectivity index (χ0n) is 13.4. The average Bonchev–Trinajstić information content (AvgIpc) is 2.78. The van der Waals surface area contributed by atoms with Crippen LogP contribution in [0, 0.1) is 12.8 Å². The van der Waals surface area contributed by atoms with Crippen LogP contribution >= 0.6 is 11.3 Å². The monoisotopic (exact) mass is 334 g/mol. The summed E-state index contributed by atoms with van der Waals surface area (Å²) >= 11 is 1.32. The number of thiophene rings is 1. The molecule has 1 atom stereocenters. The van der Waals surface area contributed by atoms with Gasteiger partial charge in [0.15, 0.2) is 0 Å². The fourth-order valence-electron chi connectivity index (χ4n) is 1.83. The number of rotatable bonds is 9. The summed E-state index contributed by atoms with van der Waals surface area (Å²) in [4.78, 5) is 1.06. The van der Waals surface area contributed by atoms with Gasteiger partial charge in [-0.05, 0) is 31.0 Å². The summed E-state index contributed by atoms with van der Waals surface area (Å²) in [7, 11) is -1.92. The molecule has 1 rings (SSSR count). The van der Waals surface area contributed by atoms with Gasteiger partial charge in [-0.15, -0.1) is 11.3 Å². The number of ether oxygens (including phenoxy) is 1. The van der Waals surface area contributed by atoms with Crippen molar-refractivity contribution >= 4 is 21.4 Å². The van der Waals surface area contributed by atoms with Crippen molar-refractivity contribution in [3.05, 3.63) is 16.5 Å². The van der Waals surface area contributed by atoms with Crippen molar-refractivity contribution < 1.29 is 13.2 Å². The molecule has 0 bridgehead atoms. The lowest BCUT2D eigenvalue weighted by Crippen LogP contribution is -2.41. The van der Waals surface area contributed by atoms with Crippen molar-refractivity contribution in [2.75, 3.05) is 20.3 Å². The lowest BCUT2D eigenvalue weighted by molar-refractivity contribution is 0.157. The normalized spacial score (nSPS) is 13.8. The molecule has 1 heterocycles. The van der Waals surface area contributed by atoms with Gasteiger partial charge in [0.25, 0.3) is 0 Å². The van der Waals surface area contributed by atoms with E-state index in [4.69, 9.17) is 4.74 Å². The molecule has 1 aromatic rings. The molecule has 0 aliphatic rings. The molecular weight excluding hydrogens is 308 g/mol. The highest BCUT2D eigenvalue weighted by Crippen LogP contribution is 2.26. The standard InChI is InChI=1S/C14H26N2O3S2/c1-6-15-8-13-11(4)7-14(20-13)21(17,18)16-12(9-19-5)10(2)3/h7,10,12,15-16H,6,8-9H2,1-5H3. The molecule has 0 spiro atoms.